The van der Waals surface area contributed by atoms with Crippen LogP contribution in [-0.4, -0.2) is 52.1 Å². The Labute approximate surface area is 215 Å². The summed E-state index contributed by atoms with van der Waals surface area (Å²) in [7, 11) is 3.26. The number of rotatable bonds is 6. The van der Waals surface area contributed by atoms with E-state index >= 15 is 0 Å². The molecule has 1 aliphatic heterocycles. The van der Waals surface area contributed by atoms with Gasteiger partial charge in [-0.3, -0.25) is 9.79 Å². The van der Waals surface area contributed by atoms with Gasteiger partial charge in [0.05, 0.1) is 25.8 Å². The van der Waals surface area contributed by atoms with Gasteiger partial charge < -0.3 is 19.9 Å². The van der Waals surface area contributed by atoms with Crippen LogP contribution in [0.5, 0.6) is 11.5 Å². The summed E-state index contributed by atoms with van der Waals surface area (Å²) in [6.45, 7) is 3.96. The van der Waals surface area contributed by atoms with Crippen molar-refractivity contribution in [2.24, 2.45) is 10.4 Å². The third kappa shape index (κ3) is 4.81. The second-order valence-corrected chi connectivity index (χ2v) is 10.2. The van der Waals surface area contributed by atoms with Gasteiger partial charge in [0.25, 0.3) is 0 Å². The Morgan fingerprint density at radius 3 is 2.24 bits per heavy atom. The van der Waals surface area contributed by atoms with Crippen LogP contribution >= 0.6 is 0 Å². The average molecular weight is 502 g/mol. The van der Waals surface area contributed by atoms with Crippen LogP contribution in [-0.2, 0) is 4.79 Å². The van der Waals surface area contributed by atoms with Crippen molar-refractivity contribution < 1.29 is 19.4 Å². The summed E-state index contributed by atoms with van der Waals surface area (Å²) in [6, 6.07) is 14.5. The number of allylic oxidation sites excluding steroid dienone is 2. The minimum atomic E-state index is -0.418. The molecule has 3 atom stereocenters. The number of fused-ring (bicyclic) bond motifs is 1. The van der Waals surface area contributed by atoms with Gasteiger partial charge >= 0.3 is 0 Å². The summed E-state index contributed by atoms with van der Waals surface area (Å²) < 4.78 is 12.5. The SMILES string of the molecule is COc1ccc(C2Nc3ncnn3C(c3ccc(OC)cc3)C2N=CC2=C(O)CC(C)(C)CC2=O)cc1. The molecular weight excluding hydrogens is 470 g/mol. The molecule has 0 amide bonds. The number of benzene rings is 2. The molecule has 192 valence electrons. The van der Waals surface area contributed by atoms with Crippen LogP contribution in [0.25, 0.3) is 0 Å². The average Bonchev–Trinajstić information content (AvgIpc) is 3.35. The highest BCUT2D eigenvalue weighted by molar-refractivity contribution is 6.14. The van der Waals surface area contributed by atoms with Gasteiger partial charge in [0.15, 0.2) is 5.78 Å². The minimum absolute atomic E-state index is 0.0807. The van der Waals surface area contributed by atoms with Crippen LogP contribution < -0.4 is 14.8 Å². The molecule has 3 unspecified atom stereocenters. The number of Topliss-reactive ketones (excluding diaryl/α,β-unsaturated/α-hetero) is 1. The van der Waals surface area contributed by atoms with Crippen LogP contribution in [0, 0.1) is 5.41 Å². The second-order valence-electron chi connectivity index (χ2n) is 10.2. The fourth-order valence-corrected chi connectivity index (χ4v) is 5.12. The van der Waals surface area contributed by atoms with Gasteiger partial charge in [0, 0.05) is 19.1 Å². The van der Waals surface area contributed by atoms with Crippen molar-refractivity contribution in [3.63, 3.8) is 0 Å². The summed E-state index contributed by atoms with van der Waals surface area (Å²) in [4.78, 5) is 22.3. The molecule has 9 heteroatoms. The largest absolute Gasteiger partial charge is 0.511 e. The van der Waals surface area contributed by atoms with E-state index in [1.165, 1.54) is 12.5 Å². The van der Waals surface area contributed by atoms with Crippen LogP contribution in [0.2, 0.25) is 0 Å². The number of carbonyl (C=O) groups is 1. The molecule has 0 spiro atoms. The van der Waals surface area contributed by atoms with Crippen LogP contribution in [0.4, 0.5) is 5.95 Å². The summed E-state index contributed by atoms with van der Waals surface area (Å²) in [6.07, 6.45) is 3.84. The number of aliphatic hydroxyl groups excluding tert-OH is 1. The minimum Gasteiger partial charge on any atom is -0.511 e. The number of aromatic nitrogens is 3. The molecule has 0 bridgehead atoms. The zero-order valence-electron chi connectivity index (χ0n) is 21.4. The fourth-order valence-electron chi connectivity index (χ4n) is 5.12. The lowest BCUT2D eigenvalue weighted by atomic mass is 9.77. The maximum Gasteiger partial charge on any atom is 0.222 e. The zero-order chi connectivity index (χ0) is 26.2. The molecule has 2 heterocycles. The van der Waals surface area contributed by atoms with Crippen LogP contribution in [0.3, 0.4) is 0 Å². The van der Waals surface area contributed by atoms with Crippen molar-refractivity contribution in [2.45, 2.75) is 44.8 Å². The number of hydrogen-bond donors (Lipinski definition) is 2. The quantitative estimate of drug-likeness (QED) is 0.471. The van der Waals surface area contributed by atoms with Gasteiger partial charge in [0.2, 0.25) is 5.95 Å². The predicted molar refractivity (Wildman–Crippen MR) is 140 cm³/mol. The van der Waals surface area contributed by atoms with Gasteiger partial charge in [0.1, 0.15) is 35.7 Å². The summed E-state index contributed by atoms with van der Waals surface area (Å²) in [5, 5.41) is 18.7. The summed E-state index contributed by atoms with van der Waals surface area (Å²) in [5.41, 5.74) is 1.93. The number of ether oxygens (including phenoxy) is 2. The van der Waals surface area contributed by atoms with E-state index in [1.807, 2.05) is 67.1 Å². The lowest BCUT2D eigenvalue weighted by Crippen LogP contribution is -2.40. The number of ketones is 1. The highest BCUT2D eigenvalue weighted by Crippen LogP contribution is 2.41. The number of aliphatic imine (C=N–C) groups is 1. The molecule has 0 radical (unpaired) electrons. The number of nitrogens with one attached hydrogen (secondary N) is 1. The molecule has 9 nitrogen and oxygen atoms in total. The number of aliphatic hydroxyl groups is 1. The molecule has 37 heavy (non-hydrogen) atoms. The Kier molecular flexibility index (Phi) is 6.45. The first-order valence-corrected chi connectivity index (χ1v) is 12.2. The van der Waals surface area contributed by atoms with E-state index in [4.69, 9.17) is 14.5 Å². The Balaban J connectivity index is 1.62. The Bertz CT molecular complexity index is 1340. The Hall–Kier alpha value is -4.14. The van der Waals surface area contributed by atoms with Crippen molar-refractivity contribution in [2.75, 3.05) is 19.5 Å². The number of nitrogens with zero attached hydrogens (tertiary/aromatic N) is 4. The van der Waals surface area contributed by atoms with Crippen LogP contribution in [0.1, 0.15) is 49.9 Å². The van der Waals surface area contributed by atoms with E-state index in [-0.39, 0.29) is 34.6 Å². The molecule has 1 aromatic heterocycles. The van der Waals surface area contributed by atoms with E-state index < -0.39 is 6.04 Å². The Morgan fingerprint density at radius 2 is 1.65 bits per heavy atom. The van der Waals surface area contributed by atoms with Gasteiger partial charge in [-0.05, 0) is 40.8 Å². The third-order valence-corrected chi connectivity index (χ3v) is 6.99. The molecule has 2 aromatic carbocycles. The van der Waals surface area contributed by atoms with E-state index in [9.17, 15) is 9.90 Å². The third-order valence-electron chi connectivity index (χ3n) is 6.99. The van der Waals surface area contributed by atoms with E-state index in [2.05, 4.69) is 15.4 Å². The van der Waals surface area contributed by atoms with Crippen molar-refractivity contribution in [3.8, 4) is 11.5 Å². The molecule has 0 saturated heterocycles. The van der Waals surface area contributed by atoms with E-state index in [1.54, 1.807) is 14.2 Å². The number of carbonyl (C=O) groups excluding carboxylic acids is 1. The first-order chi connectivity index (χ1) is 17.8. The van der Waals surface area contributed by atoms with Gasteiger partial charge in [-0.1, -0.05) is 38.1 Å². The van der Waals surface area contributed by atoms with Crippen molar-refractivity contribution in [3.05, 3.63) is 77.3 Å². The maximum absolute atomic E-state index is 12.9. The molecule has 3 aromatic rings. The molecular formula is C28H31N5O4. The first kappa shape index (κ1) is 24.5. The van der Waals surface area contributed by atoms with Crippen LogP contribution in [0.15, 0.2) is 71.2 Å². The number of methoxy groups -OCH3 is 2. The first-order valence-electron chi connectivity index (χ1n) is 12.2. The highest BCUT2D eigenvalue weighted by Gasteiger charge is 2.40. The maximum atomic E-state index is 12.9. The topological polar surface area (TPSA) is 111 Å². The molecule has 2 N–H and O–H groups in total. The normalized spacial score (nSPS) is 23.0. The molecule has 0 saturated carbocycles. The zero-order valence-corrected chi connectivity index (χ0v) is 21.4. The molecule has 2 aliphatic rings. The molecule has 5 rings (SSSR count). The fraction of sp³-hybridized carbons (Fsp3) is 0.357. The van der Waals surface area contributed by atoms with Crippen molar-refractivity contribution in [1.82, 2.24) is 14.8 Å². The molecule has 0 fully saturated rings. The van der Waals surface area contributed by atoms with E-state index in [0.29, 0.717) is 18.8 Å². The summed E-state index contributed by atoms with van der Waals surface area (Å²) >= 11 is 0. The van der Waals surface area contributed by atoms with Gasteiger partial charge in [-0.2, -0.15) is 10.1 Å². The predicted octanol–water partition coefficient (Wildman–Crippen LogP) is 4.69. The smallest absolute Gasteiger partial charge is 0.222 e. The lowest BCUT2D eigenvalue weighted by Gasteiger charge is -2.37. The number of anilines is 1. The monoisotopic (exact) mass is 501 g/mol. The van der Waals surface area contributed by atoms with Gasteiger partial charge in [-0.25, -0.2) is 4.68 Å². The van der Waals surface area contributed by atoms with Crippen molar-refractivity contribution in [1.29, 1.82) is 0 Å². The summed E-state index contributed by atoms with van der Waals surface area (Å²) in [5.74, 6) is 2.08. The highest BCUT2D eigenvalue weighted by atomic mass is 16.5. The second kappa shape index (κ2) is 9.72. The van der Waals surface area contributed by atoms with Gasteiger partial charge in [-0.15, -0.1) is 0 Å². The molecule has 1 aliphatic carbocycles. The Morgan fingerprint density at radius 1 is 1.03 bits per heavy atom. The number of hydrogen-bond acceptors (Lipinski definition) is 8. The van der Waals surface area contributed by atoms with E-state index in [0.717, 1.165) is 22.6 Å². The standard InChI is InChI=1S/C28H31N5O4/c1-28(2)13-22(34)21(23(35)14-28)15-29-25-24(17-5-9-19(36-3)10-6-17)32-27-30-16-31-33(27)26(25)18-7-11-20(37-4)12-8-18/h5-12,15-16,24-26,34H,13-14H2,1-4H3,(H,30,31,32). The van der Waals surface area contributed by atoms with Crippen molar-refractivity contribution >= 4 is 17.9 Å². The lowest BCUT2D eigenvalue weighted by molar-refractivity contribution is -0.117.